The SMILES string of the molecule is CCCNc1cc(CCC)nc(C2CCS(=O)(=O)C2)n1. The van der Waals surface area contributed by atoms with E-state index < -0.39 is 9.84 Å². The predicted octanol–water partition coefficient (Wildman–Crippen LogP) is 2.15. The molecule has 1 aromatic heterocycles. The summed E-state index contributed by atoms with van der Waals surface area (Å²) in [4.78, 5) is 9.08. The van der Waals surface area contributed by atoms with Crippen molar-refractivity contribution in [1.82, 2.24) is 9.97 Å². The van der Waals surface area contributed by atoms with Gasteiger partial charge in [-0.1, -0.05) is 20.3 Å². The third-order valence-electron chi connectivity index (χ3n) is 3.46. The summed E-state index contributed by atoms with van der Waals surface area (Å²) in [5, 5.41) is 3.28. The van der Waals surface area contributed by atoms with E-state index in [0.717, 1.165) is 37.3 Å². The van der Waals surface area contributed by atoms with E-state index in [2.05, 4.69) is 29.1 Å². The fourth-order valence-corrected chi connectivity index (χ4v) is 4.17. The second kappa shape index (κ2) is 6.52. The van der Waals surface area contributed by atoms with Crippen molar-refractivity contribution >= 4 is 15.7 Å². The maximum absolute atomic E-state index is 11.6. The van der Waals surface area contributed by atoms with Crippen molar-refractivity contribution in [2.75, 3.05) is 23.4 Å². The number of aryl methyl sites for hydroxylation is 1. The Hall–Kier alpha value is -1.17. The van der Waals surface area contributed by atoms with Crippen LogP contribution >= 0.6 is 0 Å². The molecule has 0 spiro atoms. The highest BCUT2D eigenvalue weighted by Crippen LogP contribution is 2.27. The monoisotopic (exact) mass is 297 g/mol. The molecule has 1 atom stereocenters. The van der Waals surface area contributed by atoms with Gasteiger partial charge in [0.2, 0.25) is 0 Å². The van der Waals surface area contributed by atoms with E-state index in [0.29, 0.717) is 12.2 Å². The van der Waals surface area contributed by atoms with E-state index in [-0.39, 0.29) is 17.4 Å². The smallest absolute Gasteiger partial charge is 0.151 e. The molecule has 6 heteroatoms. The molecule has 1 fully saturated rings. The lowest BCUT2D eigenvalue weighted by Gasteiger charge is -2.12. The Morgan fingerprint density at radius 3 is 2.70 bits per heavy atom. The van der Waals surface area contributed by atoms with Gasteiger partial charge in [0.25, 0.3) is 0 Å². The summed E-state index contributed by atoms with van der Waals surface area (Å²) in [7, 11) is -2.90. The molecule has 1 aliphatic heterocycles. The van der Waals surface area contributed by atoms with Crippen molar-refractivity contribution in [3.05, 3.63) is 17.6 Å². The summed E-state index contributed by atoms with van der Waals surface area (Å²) in [6.07, 6.45) is 3.59. The largest absolute Gasteiger partial charge is 0.370 e. The van der Waals surface area contributed by atoms with Gasteiger partial charge in [0.1, 0.15) is 11.6 Å². The van der Waals surface area contributed by atoms with Crippen LogP contribution in [-0.4, -0.2) is 36.4 Å². The molecule has 0 saturated carbocycles. The lowest BCUT2D eigenvalue weighted by molar-refractivity contribution is 0.601. The number of sulfone groups is 1. The van der Waals surface area contributed by atoms with Crippen molar-refractivity contribution < 1.29 is 8.42 Å². The molecular weight excluding hydrogens is 274 g/mol. The van der Waals surface area contributed by atoms with Crippen LogP contribution in [0, 0.1) is 0 Å². The van der Waals surface area contributed by atoms with Crippen LogP contribution in [0.2, 0.25) is 0 Å². The highest BCUT2D eigenvalue weighted by molar-refractivity contribution is 7.91. The molecule has 1 aromatic rings. The second-order valence-electron chi connectivity index (χ2n) is 5.38. The normalized spacial score (nSPS) is 21.0. The third-order valence-corrected chi connectivity index (χ3v) is 5.22. The summed E-state index contributed by atoms with van der Waals surface area (Å²) < 4.78 is 23.2. The molecule has 1 saturated heterocycles. The van der Waals surface area contributed by atoms with Gasteiger partial charge in [-0.25, -0.2) is 18.4 Å². The summed E-state index contributed by atoms with van der Waals surface area (Å²) in [6.45, 7) is 5.08. The van der Waals surface area contributed by atoms with Crippen molar-refractivity contribution in [3.8, 4) is 0 Å². The first-order valence-electron chi connectivity index (χ1n) is 7.36. The van der Waals surface area contributed by atoms with Crippen LogP contribution in [0.5, 0.6) is 0 Å². The molecule has 20 heavy (non-hydrogen) atoms. The lowest BCUT2D eigenvalue weighted by Crippen LogP contribution is -2.12. The number of hydrogen-bond acceptors (Lipinski definition) is 5. The fourth-order valence-electron chi connectivity index (χ4n) is 2.43. The van der Waals surface area contributed by atoms with E-state index >= 15 is 0 Å². The fraction of sp³-hybridized carbons (Fsp3) is 0.714. The van der Waals surface area contributed by atoms with Crippen molar-refractivity contribution in [1.29, 1.82) is 0 Å². The summed E-state index contributed by atoms with van der Waals surface area (Å²) in [5.41, 5.74) is 1.00. The van der Waals surface area contributed by atoms with Crippen LogP contribution in [0.15, 0.2) is 6.07 Å². The highest BCUT2D eigenvalue weighted by atomic mass is 32.2. The number of rotatable bonds is 6. The third kappa shape index (κ3) is 3.91. The molecule has 0 aromatic carbocycles. The molecule has 0 amide bonds. The number of nitrogens with one attached hydrogen (secondary N) is 1. The number of nitrogens with zero attached hydrogens (tertiary/aromatic N) is 2. The Bertz CT molecular complexity index is 558. The highest BCUT2D eigenvalue weighted by Gasteiger charge is 2.31. The van der Waals surface area contributed by atoms with Crippen LogP contribution in [0.1, 0.15) is 50.5 Å². The molecule has 1 aliphatic rings. The Balaban J connectivity index is 2.24. The van der Waals surface area contributed by atoms with Crippen molar-refractivity contribution in [2.24, 2.45) is 0 Å². The lowest BCUT2D eigenvalue weighted by atomic mass is 10.1. The van der Waals surface area contributed by atoms with Gasteiger partial charge in [-0.3, -0.25) is 0 Å². The van der Waals surface area contributed by atoms with Crippen LogP contribution in [-0.2, 0) is 16.3 Å². The number of aromatic nitrogens is 2. The van der Waals surface area contributed by atoms with E-state index in [1.807, 2.05) is 6.07 Å². The Morgan fingerprint density at radius 1 is 1.30 bits per heavy atom. The molecule has 0 bridgehead atoms. The van der Waals surface area contributed by atoms with Gasteiger partial charge in [0.05, 0.1) is 11.5 Å². The number of hydrogen-bond donors (Lipinski definition) is 1. The van der Waals surface area contributed by atoms with Gasteiger partial charge >= 0.3 is 0 Å². The van der Waals surface area contributed by atoms with Gasteiger partial charge < -0.3 is 5.32 Å². The second-order valence-corrected chi connectivity index (χ2v) is 7.61. The first-order chi connectivity index (χ1) is 9.54. The molecule has 0 aliphatic carbocycles. The Labute approximate surface area is 121 Å². The van der Waals surface area contributed by atoms with Crippen LogP contribution in [0.3, 0.4) is 0 Å². The predicted molar refractivity (Wildman–Crippen MR) is 80.8 cm³/mol. The van der Waals surface area contributed by atoms with E-state index in [9.17, 15) is 8.42 Å². The molecule has 0 radical (unpaired) electrons. The topological polar surface area (TPSA) is 72.0 Å². The zero-order chi connectivity index (χ0) is 14.6. The minimum absolute atomic E-state index is 0.0426. The van der Waals surface area contributed by atoms with Crippen LogP contribution in [0.4, 0.5) is 5.82 Å². The van der Waals surface area contributed by atoms with Gasteiger partial charge in [0.15, 0.2) is 9.84 Å². The quantitative estimate of drug-likeness (QED) is 0.871. The maximum Gasteiger partial charge on any atom is 0.151 e. The van der Waals surface area contributed by atoms with E-state index in [4.69, 9.17) is 0 Å². The van der Waals surface area contributed by atoms with Crippen LogP contribution < -0.4 is 5.32 Å². The molecule has 112 valence electrons. The summed E-state index contributed by atoms with van der Waals surface area (Å²) in [5.74, 6) is 1.92. The molecule has 5 nitrogen and oxygen atoms in total. The molecule has 2 heterocycles. The van der Waals surface area contributed by atoms with E-state index in [1.54, 1.807) is 0 Å². The average molecular weight is 297 g/mol. The maximum atomic E-state index is 11.6. The molecule has 1 unspecified atom stereocenters. The first kappa shape index (κ1) is 15.2. The van der Waals surface area contributed by atoms with E-state index in [1.165, 1.54) is 0 Å². The van der Waals surface area contributed by atoms with Gasteiger partial charge in [-0.05, 0) is 19.3 Å². The molecular formula is C14H23N3O2S. The Kier molecular flexibility index (Phi) is 4.96. The standard InChI is InChI=1S/C14H23N3O2S/c1-3-5-12-9-13(15-7-4-2)17-14(16-12)11-6-8-20(18,19)10-11/h9,11H,3-8,10H2,1-2H3,(H,15,16,17). The minimum Gasteiger partial charge on any atom is -0.370 e. The summed E-state index contributed by atoms with van der Waals surface area (Å²) >= 11 is 0. The Morgan fingerprint density at radius 2 is 2.10 bits per heavy atom. The minimum atomic E-state index is -2.90. The average Bonchev–Trinajstić information content (AvgIpc) is 2.77. The molecule has 2 rings (SSSR count). The first-order valence-corrected chi connectivity index (χ1v) is 9.18. The van der Waals surface area contributed by atoms with Gasteiger partial charge in [-0.15, -0.1) is 0 Å². The van der Waals surface area contributed by atoms with Crippen molar-refractivity contribution in [2.45, 2.75) is 45.4 Å². The zero-order valence-electron chi connectivity index (χ0n) is 12.2. The summed E-state index contributed by atoms with van der Waals surface area (Å²) in [6, 6.07) is 1.98. The molecule has 1 N–H and O–H groups in total. The van der Waals surface area contributed by atoms with Crippen molar-refractivity contribution in [3.63, 3.8) is 0 Å². The zero-order valence-corrected chi connectivity index (χ0v) is 13.0. The van der Waals surface area contributed by atoms with Gasteiger partial charge in [0, 0.05) is 24.2 Å². The van der Waals surface area contributed by atoms with Crippen LogP contribution in [0.25, 0.3) is 0 Å². The van der Waals surface area contributed by atoms with Gasteiger partial charge in [-0.2, -0.15) is 0 Å². The number of anilines is 1.